The van der Waals surface area contributed by atoms with E-state index in [1.165, 1.54) is 44.1 Å². The highest BCUT2D eigenvalue weighted by atomic mass is 16.5. The molecule has 0 saturated heterocycles. The summed E-state index contributed by atoms with van der Waals surface area (Å²) in [6, 6.07) is 15.6. The normalized spacial score (nSPS) is 27.1. The number of aromatic nitrogens is 2. The van der Waals surface area contributed by atoms with Crippen LogP contribution in [0.1, 0.15) is 67.8 Å². The van der Waals surface area contributed by atoms with Crippen LogP contribution < -0.4 is 4.74 Å². The van der Waals surface area contributed by atoms with Gasteiger partial charge in [0, 0.05) is 11.1 Å². The number of rotatable bonds is 7. The number of hydrogen-bond acceptors (Lipinski definition) is 3. The number of carboxylic acid groups (broad SMARTS) is 1. The van der Waals surface area contributed by atoms with Gasteiger partial charge in [-0.15, -0.1) is 0 Å². The maximum Gasteiger partial charge on any atom is 0.335 e. The summed E-state index contributed by atoms with van der Waals surface area (Å²) in [5.41, 5.74) is 5.76. The lowest BCUT2D eigenvalue weighted by Crippen LogP contribution is -2.48. The summed E-state index contributed by atoms with van der Waals surface area (Å²) in [5, 5.41) is 16.9. The summed E-state index contributed by atoms with van der Waals surface area (Å²) >= 11 is 0. The molecule has 2 aromatic carbocycles. The second kappa shape index (κ2) is 8.30. The molecule has 0 unspecified atom stereocenters. The second-order valence-electron chi connectivity index (χ2n) is 10.8. The second-order valence-corrected chi connectivity index (χ2v) is 10.8. The molecule has 0 radical (unpaired) electrons. The van der Waals surface area contributed by atoms with E-state index < -0.39 is 5.97 Å². The van der Waals surface area contributed by atoms with E-state index in [0.717, 1.165) is 59.0 Å². The van der Waals surface area contributed by atoms with Crippen LogP contribution in [0, 0.1) is 17.8 Å². The molecule has 34 heavy (non-hydrogen) atoms. The molecule has 1 heterocycles. The highest BCUT2D eigenvalue weighted by Gasteiger charge is 2.52. The molecule has 0 spiro atoms. The van der Waals surface area contributed by atoms with Gasteiger partial charge in [-0.2, -0.15) is 5.10 Å². The predicted octanol–water partition coefficient (Wildman–Crippen LogP) is 6.70. The first kappa shape index (κ1) is 21.5. The molecule has 4 saturated carbocycles. The number of nitrogens with one attached hydrogen (secondary N) is 1. The van der Waals surface area contributed by atoms with Crippen LogP contribution in [-0.2, 0) is 5.41 Å². The Labute approximate surface area is 200 Å². The van der Waals surface area contributed by atoms with Gasteiger partial charge in [0.15, 0.2) is 0 Å². The zero-order valence-electron chi connectivity index (χ0n) is 19.7. The minimum Gasteiger partial charge on any atom is -0.493 e. The number of benzene rings is 2. The highest BCUT2D eigenvalue weighted by molar-refractivity contribution is 5.88. The molecule has 1 aromatic heterocycles. The molecule has 0 atom stereocenters. The van der Waals surface area contributed by atoms with Crippen molar-refractivity contribution in [3.05, 3.63) is 59.7 Å². The van der Waals surface area contributed by atoms with Crippen LogP contribution in [0.2, 0.25) is 0 Å². The van der Waals surface area contributed by atoms with Crippen molar-refractivity contribution in [1.82, 2.24) is 10.2 Å². The molecule has 5 heteroatoms. The maximum atomic E-state index is 11.2. The summed E-state index contributed by atoms with van der Waals surface area (Å²) in [6.45, 7) is 2.91. The molecule has 0 amide bonds. The Morgan fingerprint density at radius 1 is 1.00 bits per heavy atom. The third-order valence-electron chi connectivity index (χ3n) is 8.37. The van der Waals surface area contributed by atoms with Gasteiger partial charge in [-0.25, -0.2) is 4.79 Å². The fourth-order valence-electron chi connectivity index (χ4n) is 7.29. The van der Waals surface area contributed by atoms with Crippen molar-refractivity contribution in [3.8, 4) is 28.3 Å². The summed E-state index contributed by atoms with van der Waals surface area (Å²) in [6.07, 6.45) is 9.17. The smallest absolute Gasteiger partial charge is 0.335 e. The first-order chi connectivity index (χ1) is 16.5. The lowest BCUT2D eigenvalue weighted by atomic mass is 9.48. The van der Waals surface area contributed by atoms with Gasteiger partial charge >= 0.3 is 5.97 Å². The lowest BCUT2D eigenvalue weighted by Gasteiger charge is -2.57. The zero-order chi connectivity index (χ0) is 23.3. The average molecular weight is 457 g/mol. The summed E-state index contributed by atoms with van der Waals surface area (Å²) < 4.78 is 6.30. The van der Waals surface area contributed by atoms with Gasteiger partial charge in [0.2, 0.25) is 0 Å². The number of ether oxygens (including phenoxy) is 1. The number of H-pyrrole nitrogens is 1. The molecule has 7 rings (SSSR count). The van der Waals surface area contributed by atoms with E-state index in [1.807, 2.05) is 12.1 Å². The Hall–Kier alpha value is -3.08. The van der Waals surface area contributed by atoms with Gasteiger partial charge in [0.05, 0.1) is 23.6 Å². The van der Waals surface area contributed by atoms with Gasteiger partial charge in [-0.3, -0.25) is 5.10 Å². The summed E-state index contributed by atoms with van der Waals surface area (Å²) in [7, 11) is 0. The lowest BCUT2D eigenvalue weighted by molar-refractivity contribution is -0.00636. The van der Waals surface area contributed by atoms with E-state index in [4.69, 9.17) is 9.84 Å². The Morgan fingerprint density at radius 2 is 1.65 bits per heavy atom. The largest absolute Gasteiger partial charge is 0.493 e. The molecule has 3 aromatic rings. The fourth-order valence-corrected chi connectivity index (χ4v) is 7.29. The van der Waals surface area contributed by atoms with Crippen LogP contribution in [-0.4, -0.2) is 27.9 Å². The topological polar surface area (TPSA) is 75.2 Å². The zero-order valence-corrected chi connectivity index (χ0v) is 19.7. The Bertz CT molecular complexity index is 1180. The quantitative estimate of drug-likeness (QED) is 0.415. The van der Waals surface area contributed by atoms with E-state index in [0.29, 0.717) is 0 Å². The molecule has 0 aliphatic heterocycles. The summed E-state index contributed by atoms with van der Waals surface area (Å²) in [5.74, 6) is 2.77. The van der Waals surface area contributed by atoms with Crippen molar-refractivity contribution < 1.29 is 14.6 Å². The van der Waals surface area contributed by atoms with Crippen molar-refractivity contribution in [2.24, 2.45) is 17.8 Å². The van der Waals surface area contributed by atoms with Gasteiger partial charge in [0.25, 0.3) is 0 Å². The van der Waals surface area contributed by atoms with Crippen LogP contribution in [0.25, 0.3) is 22.5 Å². The molecule has 4 fully saturated rings. The third-order valence-corrected chi connectivity index (χ3v) is 8.37. The number of carboxylic acids is 1. The monoisotopic (exact) mass is 456 g/mol. The SMILES string of the molecule is CCCOc1ccc(-c2cc(-c3ccc(C(=O)O)cc3)[nH]n2)cc1C12CC3CC(CC(C3)C1)C2. The molecule has 4 bridgehead atoms. The molecule has 2 N–H and O–H groups in total. The van der Waals surface area contributed by atoms with Gasteiger partial charge in [-0.05, 0) is 110 Å². The molecule has 4 aliphatic carbocycles. The van der Waals surface area contributed by atoms with E-state index >= 15 is 0 Å². The van der Waals surface area contributed by atoms with Crippen LogP contribution in [0.5, 0.6) is 5.75 Å². The molecule has 5 nitrogen and oxygen atoms in total. The van der Waals surface area contributed by atoms with E-state index in [9.17, 15) is 4.79 Å². The van der Waals surface area contributed by atoms with E-state index in [2.05, 4.69) is 41.4 Å². The van der Waals surface area contributed by atoms with Gasteiger partial charge < -0.3 is 9.84 Å². The molecule has 176 valence electrons. The van der Waals surface area contributed by atoms with E-state index in [1.54, 1.807) is 12.1 Å². The average Bonchev–Trinajstić information content (AvgIpc) is 3.32. The van der Waals surface area contributed by atoms with Crippen molar-refractivity contribution in [1.29, 1.82) is 0 Å². The number of aromatic carboxylic acids is 1. The van der Waals surface area contributed by atoms with Crippen molar-refractivity contribution in [2.75, 3.05) is 6.61 Å². The molecule has 4 aliphatic rings. The number of carbonyl (C=O) groups is 1. The van der Waals surface area contributed by atoms with E-state index in [-0.39, 0.29) is 11.0 Å². The van der Waals surface area contributed by atoms with Crippen molar-refractivity contribution in [2.45, 2.75) is 57.3 Å². The van der Waals surface area contributed by atoms with Crippen LogP contribution in [0.3, 0.4) is 0 Å². The van der Waals surface area contributed by atoms with Crippen LogP contribution >= 0.6 is 0 Å². The minimum atomic E-state index is -0.917. The Morgan fingerprint density at radius 3 is 2.26 bits per heavy atom. The standard InChI is InChI=1S/C29H32N2O3/c1-2-9-34-27-8-7-23(13-24(27)29-15-18-10-19(16-29)12-20(11-18)17-29)26-14-25(30-31-26)21-3-5-22(6-4-21)28(32)33/h3-8,13-14,18-20H,2,9-12,15-17H2,1H3,(H,30,31)(H,32,33). The predicted molar refractivity (Wildman–Crippen MR) is 132 cm³/mol. The first-order valence-electron chi connectivity index (χ1n) is 12.7. The number of hydrogen-bond donors (Lipinski definition) is 2. The first-order valence-corrected chi connectivity index (χ1v) is 12.7. The van der Waals surface area contributed by atoms with Crippen molar-refractivity contribution in [3.63, 3.8) is 0 Å². The maximum absolute atomic E-state index is 11.2. The Balaban J connectivity index is 1.35. The number of nitrogens with zero attached hydrogens (tertiary/aromatic N) is 1. The van der Waals surface area contributed by atoms with Crippen LogP contribution in [0.4, 0.5) is 0 Å². The number of aromatic amines is 1. The van der Waals surface area contributed by atoms with Crippen molar-refractivity contribution >= 4 is 5.97 Å². The summed E-state index contributed by atoms with van der Waals surface area (Å²) in [4.78, 5) is 11.2. The highest BCUT2D eigenvalue weighted by Crippen LogP contribution is 2.62. The molecular weight excluding hydrogens is 424 g/mol. The minimum absolute atomic E-state index is 0.250. The van der Waals surface area contributed by atoms with Crippen LogP contribution in [0.15, 0.2) is 48.5 Å². The third kappa shape index (κ3) is 3.71. The fraction of sp³-hybridized carbons (Fsp3) is 0.448. The van der Waals surface area contributed by atoms with Gasteiger partial charge in [0.1, 0.15) is 5.75 Å². The Kier molecular flexibility index (Phi) is 5.23. The van der Waals surface area contributed by atoms with Gasteiger partial charge in [-0.1, -0.05) is 19.1 Å². The molecular formula is C29H32N2O3.